The van der Waals surface area contributed by atoms with Crippen LogP contribution in [0, 0.1) is 6.92 Å². The summed E-state index contributed by atoms with van der Waals surface area (Å²) in [7, 11) is 0. The standard InChI is InChI=1S/C13H14BrN3O2/c1-7-12(8-2-4-9(14)5-3-8)17-11(16-7)6-10(15)13(18)19/h2-5,10H,6,15H2,1H3,(H,16,17)(H,18,19). The Hall–Kier alpha value is -1.66. The molecule has 4 N–H and O–H groups in total. The Morgan fingerprint density at radius 1 is 1.47 bits per heavy atom. The van der Waals surface area contributed by atoms with E-state index in [2.05, 4.69) is 25.9 Å². The zero-order valence-corrected chi connectivity index (χ0v) is 11.9. The van der Waals surface area contributed by atoms with Gasteiger partial charge in [0.2, 0.25) is 0 Å². The maximum atomic E-state index is 10.7. The van der Waals surface area contributed by atoms with Crippen molar-refractivity contribution in [3.8, 4) is 11.3 Å². The summed E-state index contributed by atoms with van der Waals surface area (Å²) in [6.07, 6.45) is 0.187. The van der Waals surface area contributed by atoms with Crippen molar-refractivity contribution in [1.29, 1.82) is 0 Å². The van der Waals surface area contributed by atoms with E-state index < -0.39 is 12.0 Å². The van der Waals surface area contributed by atoms with E-state index in [1.165, 1.54) is 0 Å². The molecule has 0 aliphatic rings. The van der Waals surface area contributed by atoms with Gasteiger partial charge in [0, 0.05) is 22.2 Å². The van der Waals surface area contributed by atoms with Gasteiger partial charge in [0.25, 0.3) is 0 Å². The SMILES string of the molecule is Cc1[nH]c(CC(N)C(=O)O)nc1-c1ccc(Br)cc1. The number of nitrogens with one attached hydrogen (secondary N) is 1. The van der Waals surface area contributed by atoms with Crippen LogP contribution in [0.2, 0.25) is 0 Å². The maximum absolute atomic E-state index is 10.7. The third-order valence-corrected chi connectivity index (χ3v) is 3.31. The number of nitrogens with zero attached hydrogens (tertiary/aromatic N) is 1. The molecule has 100 valence electrons. The molecule has 2 rings (SSSR count). The molecule has 1 atom stereocenters. The highest BCUT2D eigenvalue weighted by Crippen LogP contribution is 2.23. The van der Waals surface area contributed by atoms with Crippen LogP contribution in [-0.2, 0) is 11.2 Å². The van der Waals surface area contributed by atoms with Crippen molar-refractivity contribution < 1.29 is 9.90 Å². The van der Waals surface area contributed by atoms with Crippen LogP contribution in [0.1, 0.15) is 11.5 Å². The molecule has 0 saturated carbocycles. The number of H-pyrrole nitrogens is 1. The lowest BCUT2D eigenvalue weighted by molar-refractivity contribution is -0.138. The highest BCUT2D eigenvalue weighted by molar-refractivity contribution is 9.10. The molecule has 5 nitrogen and oxygen atoms in total. The Bertz CT molecular complexity index is 592. The second-order valence-electron chi connectivity index (χ2n) is 4.31. The molecule has 1 aromatic carbocycles. The largest absolute Gasteiger partial charge is 0.480 e. The van der Waals surface area contributed by atoms with Crippen LogP contribution >= 0.6 is 15.9 Å². The molecule has 1 aromatic heterocycles. The number of halogens is 1. The van der Waals surface area contributed by atoms with Gasteiger partial charge in [0.05, 0.1) is 5.69 Å². The number of carboxylic acids is 1. The molecule has 19 heavy (non-hydrogen) atoms. The second-order valence-corrected chi connectivity index (χ2v) is 5.23. The van der Waals surface area contributed by atoms with Gasteiger partial charge in [-0.25, -0.2) is 4.98 Å². The summed E-state index contributed by atoms with van der Waals surface area (Å²) in [5.74, 6) is -0.440. The van der Waals surface area contributed by atoms with E-state index in [-0.39, 0.29) is 6.42 Å². The van der Waals surface area contributed by atoms with E-state index in [0.717, 1.165) is 21.4 Å². The molecule has 0 radical (unpaired) electrons. The van der Waals surface area contributed by atoms with Crippen molar-refractivity contribution in [2.45, 2.75) is 19.4 Å². The number of aromatic nitrogens is 2. The van der Waals surface area contributed by atoms with Gasteiger partial charge in [0.1, 0.15) is 11.9 Å². The number of aryl methyl sites for hydroxylation is 1. The zero-order valence-electron chi connectivity index (χ0n) is 10.4. The molecular weight excluding hydrogens is 310 g/mol. The molecule has 0 spiro atoms. The fourth-order valence-corrected chi connectivity index (χ4v) is 2.07. The Labute approximate surface area is 119 Å². The van der Waals surface area contributed by atoms with E-state index >= 15 is 0 Å². The van der Waals surface area contributed by atoms with E-state index in [1.807, 2.05) is 31.2 Å². The predicted octanol–water partition coefficient (Wildman–Crippen LogP) is 2.10. The number of hydrogen-bond acceptors (Lipinski definition) is 3. The van der Waals surface area contributed by atoms with Crippen molar-refractivity contribution in [2.75, 3.05) is 0 Å². The minimum absolute atomic E-state index is 0.187. The summed E-state index contributed by atoms with van der Waals surface area (Å²) in [4.78, 5) is 18.2. The molecule has 0 fully saturated rings. The number of aromatic amines is 1. The number of carboxylic acid groups (broad SMARTS) is 1. The van der Waals surface area contributed by atoms with Crippen molar-refractivity contribution >= 4 is 21.9 Å². The summed E-state index contributed by atoms with van der Waals surface area (Å²) in [6, 6.07) is 6.84. The summed E-state index contributed by atoms with van der Waals surface area (Å²) in [6.45, 7) is 1.90. The summed E-state index contributed by atoms with van der Waals surface area (Å²) in [5.41, 5.74) is 8.20. The molecule has 0 bridgehead atoms. The molecule has 1 heterocycles. The third kappa shape index (κ3) is 3.21. The minimum atomic E-state index is -1.03. The second kappa shape index (κ2) is 5.54. The Balaban J connectivity index is 2.26. The highest BCUT2D eigenvalue weighted by Gasteiger charge is 2.16. The number of benzene rings is 1. The van der Waals surface area contributed by atoms with Crippen molar-refractivity contribution in [2.24, 2.45) is 5.73 Å². The highest BCUT2D eigenvalue weighted by atomic mass is 79.9. The quantitative estimate of drug-likeness (QED) is 0.803. The number of imidazole rings is 1. The van der Waals surface area contributed by atoms with E-state index in [9.17, 15) is 4.79 Å². The van der Waals surface area contributed by atoms with Crippen molar-refractivity contribution in [1.82, 2.24) is 9.97 Å². The van der Waals surface area contributed by atoms with Gasteiger partial charge in [-0.2, -0.15) is 0 Å². The van der Waals surface area contributed by atoms with Gasteiger partial charge in [-0.05, 0) is 19.1 Å². The van der Waals surface area contributed by atoms with Crippen LogP contribution in [0.3, 0.4) is 0 Å². The molecular formula is C13H14BrN3O2. The number of rotatable bonds is 4. The van der Waals surface area contributed by atoms with E-state index in [1.54, 1.807) is 0 Å². The first-order chi connectivity index (χ1) is 8.97. The Kier molecular flexibility index (Phi) is 4.01. The minimum Gasteiger partial charge on any atom is -0.480 e. The Morgan fingerprint density at radius 3 is 2.68 bits per heavy atom. The lowest BCUT2D eigenvalue weighted by Gasteiger charge is -2.02. The average Bonchev–Trinajstić information content (AvgIpc) is 2.71. The monoisotopic (exact) mass is 323 g/mol. The lowest BCUT2D eigenvalue weighted by atomic mass is 10.1. The van der Waals surface area contributed by atoms with E-state index in [4.69, 9.17) is 10.8 Å². The van der Waals surface area contributed by atoms with Crippen LogP contribution in [0.5, 0.6) is 0 Å². The zero-order chi connectivity index (χ0) is 14.0. The predicted molar refractivity (Wildman–Crippen MR) is 75.8 cm³/mol. The molecule has 0 amide bonds. The maximum Gasteiger partial charge on any atom is 0.320 e. The number of nitrogens with two attached hydrogens (primary N) is 1. The summed E-state index contributed by atoms with van der Waals surface area (Å²) >= 11 is 3.38. The first-order valence-electron chi connectivity index (χ1n) is 5.77. The van der Waals surface area contributed by atoms with Crippen LogP contribution in [0.25, 0.3) is 11.3 Å². The van der Waals surface area contributed by atoms with Crippen LogP contribution < -0.4 is 5.73 Å². The van der Waals surface area contributed by atoms with Gasteiger partial charge in [-0.1, -0.05) is 28.1 Å². The van der Waals surface area contributed by atoms with Gasteiger partial charge in [-0.3, -0.25) is 4.79 Å². The fraction of sp³-hybridized carbons (Fsp3) is 0.231. The van der Waals surface area contributed by atoms with E-state index in [0.29, 0.717) is 5.82 Å². The molecule has 0 aliphatic carbocycles. The Morgan fingerprint density at radius 2 is 2.11 bits per heavy atom. The van der Waals surface area contributed by atoms with Gasteiger partial charge in [0.15, 0.2) is 0 Å². The normalized spacial score (nSPS) is 12.4. The first kappa shape index (κ1) is 13.8. The summed E-state index contributed by atoms with van der Waals surface area (Å²) < 4.78 is 0.998. The van der Waals surface area contributed by atoms with Crippen LogP contribution in [0.4, 0.5) is 0 Å². The van der Waals surface area contributed by atoms with Crippen molar-refractivity contribution in [3.63, 3.8) is 0 Å². The molecule has 0 aliphatic heterocycles. The van der Waals surface area contributed by atoms with Gasteiger partial charge in [-0.15, -0.1) is 0 Å². The third-order valence-electron chi connectivity index (χ3n) is 2.78. The number of carbonyl (C=O) groups is 1. The molecule has 6 heteroatoms. The lowest BCUT2D eigenvalue weighted by Crippen LogP contribution is -2.32. The topological polar surface area (TPSA) is 92.0 Å². The first-order valence-corrected chi connectivity index (χ1v) is 6.56. The fourth-order valence-electron chi connectivity index (χ4n) is 1.80. The van der Waals surface area contributed by atoms with Crippen LogP contribution in [-0.4, -0.2) is 27.1 Å². The molecule has 0 saturated heterocycles. The van der Waals surface area contributed by atoms with Gasteiger partial charge < -0.3 is 15.8 Å². The average molecular weight is 324 g/mol. The van der Waals surface area contributed by atoms with Gasteiger partial charge >= 0.3 is 5.97 Å². The smallest absolute Gasteiger partial charge is 0.320 e. The number of hydrogen-bond donors (Lipinski definition) is 3. The van der Waals surface area contributed by atoms with Crippen molar-refractivity contribution in [3.05, 3.63) is 40.3 Å². The summed E-state index contributed by atoms with van der Waals surface area (Å²) in [5, 5.41) is 8.80. The molecule has 1 unspecified atom stereocenters. The number of aliphatic carboxylic acids is 1. The molecule has 2 aromatic rings. The van der Waals surface area contributed by atoms with Crippen LogP contribution in [0.15, 0.2) is 28.7 Å².